The summed E-state index contributed by atoms with van der Waals surface area (Å²) in [6.07, 6.45) is 12.8. The number of hydrogen-bond donors (Lipinski definition) is 3. The van der Waals surface area contributed by atoms with E-state index in [1.807, 2.05) is 6.08 Å². The van der Waals surface area contributed by atoms with E-state index >= 15 is 4.39 Å². The number of guanidine groups is 1. The first-order valence-corrected chi connectivity index (χ1v) is 7.81. The second kappa shape index (κ2) is 6.13. The lowest BCUT2D eigenvalue weighted by Crippen LogP contribution is -2.44. The summed E-state index contributed by atoms with van der Waals surface area (Å²) in [5.41, 5.74) is 10.3. The van der Waals surface area contributed by atoms with Crippen LogP contribution in [0.25, 0.3) is 0 Å². The molecule has 0 aliphatic heterocycles. The van der Waals surface area contributed by atoms with Gasteiger partial charge in [0.2, 0.25) is 5.96 Å². The Hall–Kier alpha value is -1.43. The van der Waals surface area contributed by atoms with Gasteiger partial charge in [-0.25, -0.2) is 4.39 Å². The molecule has 5 N–H and O–H groups in total. The summed E-state index contributed by atoms with van der Waals surface area (Å²) in [6, 6.07) is 0. The zero-order chi connectivity index (χ0) is 15.5. The molecular formula is C15H20BrFN4. The lowest BCUT2D eigenvalue weighted by molar-refractivity contribution is 0.0957. The molecule has 1 atom stereocenters. The minimum absolute atomic E-state index is 0.150. The zero-order valence-electron chi connectivity index (χ0n) is 11.8. The molecule has 6 heteroatoms. The minimum atomic E-state index is -1.30. The molecule has 114 valence electrons. The van der Waals surface area contributed by atoms with Crippen LogP contribution in [0.1, 0.15) is 32.1 Å². The van der Waals surface area contributed by atoms with Gasteiger partial charge in [0.25, 0.3) is 0 Å². The number of rotatable bonds is 2. The van der Waals surface area contributed by atoms with Crippen molar-refractivity contribution in [1.29, 1.82) is 5.41 Å². The molecule has 2 aliphatic carbocycles. The van der Waals surface area contributed by atoms with E-state index in [-0.39, 0.29) is 11.8 Å². The van der Waals surface area contributed by atoms with Crippen LogP contribution < -0.4 is 11.5 Å². The van der Waals surface area contributed by atoms with Crippen LogP contribution in [-0.2, 0) is 0 Å². The van der Waals surface area contributed by atoms with Gasteiger partial charge in [0, 0.05) is 5.57 Å². The first-order chi connectivity index (χ1) is 9.86. The second-order valence-corrected chi connectivity index (χ2v) is 6.80. The van der Waals surface area contributed by atoms with Gasteiger partial charge < -0.3 is 11.5 Å². The summed E-state index contributed by atoms with van der Waals surface area (Å²) in [7, 11) is 0. The Kier molecular flexibility index (Phi) is 4.66. The second-order valence-electron chi connectivity index (χ2n) is 5.49. The number of halogens is 2. The molecule has 0 spiro atoms. The smallest absolute Gasteiger partial charge is 0.214 e. The summed E-state index contributed by atoms with van der Waals surface area (Å²) in [5, 5.41) is 7.14. The van der Waals surface area contributed by atoms with Gasteiger partial charge in [-0.3, -0.25) is 5.41 Å². The minimum Gasteiger partial charge on any atom is -0.383 e. The van der Waals surface area contributed by atoms with Gasteiger partial charge >= 0.3 is 0 Å². The van der Waals surface area contributed by atoms with Crippen LogP contribution in [0.15, 0.2) is 40.9 Å². The van der Waals surface area contributed by atoms with E-state index < -0.39 is 9.99 Å². The van der Waals surface area contributed by atoms with Crippen molar-refractivity contribution in [2.45, 2.75) is 42.1 Å². The molecule has 2 rings (SSSR count). The van der Waals surface area contributed by atoms with Gasteiger partial charge in [-0.1, -0.05) is 65.6 Å². The Morgan fingerprint density at radius 2 is 1.90 bits per heavy atom. The van der Waals surface area contributed by atoms with Gasteiger partial charge in [0.15, 0.2) is 0 Å². The molecule has 0 saturated heterocycles. The van der Waals surface area contributed by atoms with Crippen LogP contribution >= 0.6 is 15.9 Å². The molecule has 21 heavy (non-hydrogen) atoms. The van der Waals surface area contributed by atoms with E-state index in [0.29, 0.717) is 18.4 Å². The molecule has 0 heterocycles. The van der Waals surface area contributed by atoms with Crippen molar-refractivity contribution in [2.75, 3.05) is 0 Å². The Balaban J connectivity index is 2.26. The lowest BCUT2D eigenvalue weighted by Gasteiger charge is -2.40. The molecular weight excluding hydrogens is 335 g/mol. The molecule has 0 amide bonds. The number of alkyl halides is 2. The van der Waals surface area contributed by atoms with Crippen LogP contribution in [-0.4, -0.2) is 21.8 Å². The third-order valence-electron chi connectivity index (χ3n) is 3.99. The Bertz CT molecular complexity index is 544. The van der Waals surface area contributed by atoms with Gasteiger partial charge in [0.05, 0.1) is 4.32 Å². The summed E-state index contributed by atoms with van der Waals surface area (Å²) in [6.45, 7) is 0. The fraction of sp³-hybridized carbons (Fsp3) is 0.467. The maximum absolute atomic E-state index is 15.3. The molecule has 1 unspecified atom stereocenters. The van der Waals surface area contributed by atoms with Crippen molar-refractivity contribution in [3.8, 4) is 0 Å². The largest absolute Gasteiger partial charge is 0.383 e. The van der Waals surface area contributed by atoms with Crippen molar-refractivity contribution in [3.63, 3.8) is 0 Å². The standard InChI is InChI=1S/C15H20BrFN4/c16-14(15(17)8-2-1-3-9-15)7-4-5-11(6-10-14)12(18)21-13(19)20/h4-7,10H,1-3,8-9H2,(H5,18,19,20,21). The average Bonchev–Trinajstić information content (AvgIpc) is 2.62. The van der Waals surface area contributed by atoms with Crippen LogP contribution in [0.5, 0.6) is 0 Å². The number of nitrogens with one attached hydrogen (secondary N) is 1. The predicted octanol–water partition coefficient (Wildman–Crippen LogP) is 3.10. The number of aliphatic imine (C=N–C) groups is 1. The third kappa shape index (κ3) is 3.43. The van der Waals surface area contributed by atoms with Crippen molar-refractivity contribution in [2.24, 2.45) is 16.5 Å². The average molecular weight is 355 g/mol. The summed E-state index contributed by atoms with van der Waals surface area (Å²) < 4.78 is 14.4. The molecule has 0 radical (unpaired) electrons. The maximum atomic E-state index is 15.3. The van der Waals surface area contributed by atoms with Gasteiger partial charge in [-0.2, -0.15) is 4.99 Å². The fourth-order valence-electron chi connectivity index (χ4n) is 2.77. The Morgan fingerprint density at radius 3 is 2.52 bits per heavy atom. The van der Waals surface area contributed by atoms with E-state index in [1.165, 1.54) is 0 Å². The summed E-state index contributed by atoms with van der Waals surface area (Å²) in [5.74, 6) is -0.203. The highest BCUT2D eigenvalue weighted by Gasteiger charge is 2.48. The van der Waals surface area contributed by atoms with Gasteiger partial charge in [0.1, 0.15) is 11.5 Å². The molecule has 0 bridgehead atoms. The number of nitrogens with zero attached hydrogens (tertiary/aromatic N) is 1. The molecule has 4 nitrogen and oxygen atoms in total. The Morgan fingerprint density at radius 1 is 1.24 bits per heavy atom. The van der Waals surface area contributed by atoms with Crippen molar-refractivity contribution in [3.05, 3.63) is 36.0 Å². The first kappa shape index (κ1) is 15.9. The number of amidine groups is 1. The zero-order valence-corrected chi connectivity index (χ0v) is 13.4. The molecule has 2 aliphatic rings. The predicted molar refractivity (Wildman–Crippen MR) is 88.5 cm³/mol. The molecule has 0 aromatic carbocycles. The highest BCUT2D eigenvalue weighted by atomic mass is 79.9. The molecule has 1 fully saturated rings. The molecule has 0 aromatic rings. The molecule has 0 aromatic heterocycles. The number of nitrogens with two attached hydrogens (primary N) is 2. The van der Waals surface area contributed by atoms with E-state index in [2.05, 4.69) is 20.9 Å². The van der Waals surface area contributed by atoms with Gasteiger partial charge in [-0.15, -0.1) is 0 Å². The SMILES string of the molecule is N=C(N)/N=C(\N)C1=CC=CC(Br)(C2(F)CCCCC2)C=C1. The van der Waals surface area contributed by atoms with Crippen molar-refractivity contribution >= 4 is 27.7 Å². The van der Waals surface area contributed by atoms with Crippen LogP contribution in [0.3, 0.4) is 0 Å². The lowest BCUT2D eigenvalue weighted by atomic mass is 9.76. The normalized spacial score (nSPS) is 28.9. The first-order valence-electron chi connectivity index (χ1n) is 7.01. The highest BCUT2D eigenvalue weighted by molar-refractivity contribution is 9.10. The van der Waals surface area contributed by atoms with Crippen molar-refractivity contribution in [1.82, 2.24) is 0 Å². The van der Waals surface area contributed by atoms with Gasteiger partial charge in [-0.05, 0) is 12.8 Å². The number of allylic oxidation sites excluding steroid dienone is 4. The van der Waals surface area contributed by atoms with E-state index in [0.717, 1.165) is 19.3 Å². The van der Waals surface area contributed by atoms with E-state index in [4.69, 9.17) is 16.9 Å². The van der Waals surface area contributed by atoms with Crippen molar-refractivity contribution < 1.29 is 4.39 Å². The summed E-state index contributed by atoms with van der Waals surface area (Å²) in [4.78, 5) is 3.71. The molecule has 1 saturated carbocycles. The Labute approximate surface area is 132 Å². The topological polar surface area (TPSA) is 88.2 Å². The fourth-order valence-corrected chi connectivity index (χ4v) is 3.45. The maximum Gasteiger partial charge on any atom is 0.214 e. The summed E-state index contributed by atoms with van der Waals surface area (Å²) >= 11 is 3.56. The number of hydrogen-bond acceptors (Lipinski definition) is 1. The van der Waals surface area contributed by atoms with E-state index in [1.54, 1.807) is 24.3 Å². The third-order valence-corrected chi connectivity index (χ3v) is 5.23. The quantitative estimate of drug-likeness (QED) is 0.404. The highest BCUT2D eigenvalue weighted by Crippen LogP contribution is 2.47. The van der Waals surface area contributed by atoms with E-state index in [9.17, 15) is 0 Å². The van der Waals surface area contributed by atoms with Crippen LogP contribution in [0.2, 0.25) is 0 Å². The van der Waals surface area contributed by atoms with Crippen LogP contribution in [0, 0.1) is 5.41 Å². The monoisotopic (exact) mass is 354 g/mol. The van der Waals surface area contributed by atoms with Crippen LogP contribution in [0.4, 0.5) is 4.39 Å².